The lowest BCUT2D eigenvalue weighted by Crippen LogP contribution is -2.45. The molecule has 0 radical (unpaired) electrons. The highest BCUT2D eigenvalue weighted by atomic mass is 16.3. The second-order valence-corrected chi connectivity index (χ2v) is 22.5. The molecule has 428 valence electrons. The molecule has 0 bridgehead atoms. The van der Waals surface area contributed by atoms with Gasteiger partial charge in [0.1, 0.15) is 0 Å². The van der Waals surface area contributed by atoms with Crippen LogP contribution in [0.1, 0.15) is 354 Å². The molecule has 4 heteroatoms. The maximum absolute atomic E-state index is 12.5. The van der Waals surface area contributed by atoms with Crippen LogP contribution in [0, 0.1) is 0 Å². The van der Waals surface area contributed by atoms with Gasteiger partial charge in [0.25, 0.3) is 0 Å². The first kappa shape index (κ1) is 71.1. The summed E-state index contributed by atoms with van der Waals surface area (Å²) in [4.78, 5) is 12.5. The zero-order valence-corrected chi connectivity index (χ0v) is 49.4. The Kier molecular flexibility index (Phi) is 62.7. The minimum absolute atomic E-state index is 0.0678. The Bertz CT molecular complexity index is 1200. The number of aliphatic hydroxyl groups excluding tert-OH is 2. The van der Waals surface area contributed by atoms with E-state index in [0.717, 1.165) is 44.9 Å². The summed E-state index contributed by atoms with van der Waals surface area (Å²) in [5, 5.41) is 23.2. The molecular formula is C69H129NO3. The Labute approximate surface area is 457 Å². The van der Waals surface area contributed by atoms with Crippen LogP contribution >= 0.6 is 0 Å². The number of carbonyl (C=O) groups excluding carboxylic acids is 1. The Morgan fingerprint density at radius 3 is 0.890 bits per heavy atom. The average molecular weight is 1020 g/mol. The lowest BCUT2D eigenvalue weighted by molar-refractivity contribution is -0.123. The normalized spacial score (nSPS) is 13.1. The monoisotopic (exact) mass is 1020 g/mol. The summed E-state index contributed by atoms with van der Waals surface area (Å²) in [7, 11) is 0. The molecule has 0 fully saturated rings. The van der Waals surface area contributed by atoms with Crippen molar-refractivity contribution in [3.8, 4) is 0 Å². The van der Waals surface area contributed by atoms with Crippen molar-refractivity contribution in [3.63, 3.8) is 0 Å². The summed E-state index contributed by atoms with van der Waals surface area (Å²) < 4.78 is 0. The molecule has 0 aromatic carbocycles. The molecule has 0 aromatic rings. The summed E-state index contributed by atoms with van der Waals surface area (Å²) in [6, 6.07) is -0.640. The first-order valence-corrected chi connectivity index (χ1v) is 33.0. The van der Waals surface area contributed by atoms with Crippen LogP contribution in [0.4, 0.5) is 0 Å². The van der Waals surface area contributed by atoms with Gasteiger partial charge in [-0.05, 0) is 70.6 Å². The van der Waals surface area contributed by atoms with Crippen molar-refractivity contribution < 1.29 is 15.0 Å². The van der Waals surface area contributed by atoms with Gasteiger partial charge >= 0.3 is 0 Å². The van der Waals surface area contributed by atoms with Gasteiger partial charge in [-0.2, -0.15) is 0 Å². The predicted molar refractivity (Wildman–Crippen MR) is 327 cm³/mol. The van der Waals surface area contributed by atoms with Gasteiger partial charge in [0.15, 0.2) is 0 Å². The molecule has 1 amide bonds. The van der Waals surface area contributed by atoms with Gasteiger partial charge in [-0.25, -0.2) is 0 Å². The smallest absolute Gasteiger partial charge is 0.220 e. The molecule has 0 aliphatic rings. The number of carbonyl (C=O) groups is 1. The van der Waals surface area contributed by atoms with Gasteiger partial charge in [0.2, 0.25) is 5.91 Å². The summed E-state index contributed by atoms with van der Waals surface area (Å²) >= 11 is 0. The number of hydrogen-bond donors (Lipinski definition) is 3. The second-order valence-electron chi connectivity index (χ2n) is 22.5. The van der Waals surface area contributed by atoms with Gasteiger partial charge in [0.05, 0.1) is 18.8 Å². The van der Waals surface area contributed by atoms with Crippen molar-refractivity contribution in [1.29, 1.82) is 0 Å². The molecule has 3 N–H and O–H groups in total. The van der Waals surface area contributed by atoms with Crippen LogP contribution in [-0.2, 0) is 4.79 Å². The second kappa shape index (κ2) is 64.4. The molecule has 0 aliphatic heterocycles. The lowest BCUT2D eigenvalue weighted by Gasteiger charge is -2.19. The molecule has 0 heterocycles. The minimum atomic E-state index is -0.863. The van der Waals surface area contributed by atoms with Crippen molar-refractivity contribution in [2.45, 2.75) is 366 Å². The summed E-state index contributed by atoms with van der Waals surface area (Å²) in [6.07, 6.45) is 91.5. The van der Waals surface area contributed by atoms with Crippen LogP contribution in [0.2, 0.25) is 0 Å². The van der Waals surface area contributed by atoms with Crippen LogP contribution in [0.25, 0.3) is 0 Å². The summed E-state index contributed by atoms with van der Waals surface area (Å²) in [5.41, 5.74) is 0. The number of nitrogens with one attached hydrogen (secondary N) is 1. The third kappa shape index (κ3) is 60.8. The van der Waals surface area contributed by atoms with E-state index in [2.05, 4.69) is 67.8 Å². The van der Waals surface area contributed by atoms with E-state index in [0.29, 0.717) is 6.42 Å². The van der Waals surface area contributed by atoms with E-state index in [-0.39, 0.29) is 12.5 Å². The van der Waals surface area contributed by atoms with E-state index in [1.54, 1.807) is 6.08 Å². The van der Waals surface area contributed by atoms with Crippen LogP contribution in [0.5, 0.6) is 0 Å². The largest absolute Gasteiger partial charge is 0.394 e. The number of allylic oxidation sites excluding steroid dienone is 9. The fourth-order valence-electron chi connectivity index (χ4n) is 10.2. The van der Waals surface area contributed by atoms with Crippen molar-refractivity contribution in [1.82, 2.24) is 5.32 Å². The van der Waals surface area contributed by atoms with Crippen molar-refractivity contribution in [2.24, 2.45) is 0 Å². The summed E-state index contributed by atoms with van der Waals surface area (Å²) in [5.74, 6) is -0.0678. The highest BCUT2D eigenvalue weighted by molar-refractivity contribution is 5.76. The Balaban J connectivity index is 3.44. The molecule has 4 nitrogen and oxygen atoms in total. The Morgan fingerprint density at radius 2 is 0.575 bits per heavy atom. The molecule has 0 aromatic heterocycles. The molecule has 0 spiro atoms. The summed E-state index contributed by atoms with van der Waals surface area (Å²) in [6.45, 7) is 4.32. The molecule has 73 heavy (non-hydrogen) atoms. The van der Waals surface area contributed by atoms with Crippen LogP contribution < -0.4 is 5.32 Å². The average Bonchev–Trinajstić information content (AvgIpc) is 3.40. The van der Waals surface area contributed by atoms with Gasteiger partial charge in [0, 0.05) is 6.42 Å². The van der Waals surface area contributed by atoms with E-state index in [4.69, 9.17) is 0 Å². The first-order valence-electron chi connectivity index (χ1n) is 33.0. The topological polar surface area (TPSA) is 69.6 Å². The van der Waals surface area contributed by atoms with E-state index < -0.39 is 12.1 Å². The van der Waals surface area contributed by atoms with E-state index in [1.165, 1.54) is 289 Å². The zero-order valence-electron chi connectivity index (χ0n) is 49.4. The van der Waals surface area contributed by atoms with Crippen LogP contribution in [0.3, 0.4) is 0 Å². The fraction of sp³-hybridized carbons (Fsp3) is 0.841. The Hall–Kier alpha value is -1.91. The van der Waals surface area contributed by atoms with E-state index >= 15 is 0 Å². The maximum atomic E-state index is 12.5. The molecular weight excluding hydrogens is 891 g/mol. The highest BCUT2D eigenvalue weighted by Gasteiger charge is 2.18. The lowest BCUT2D eigenvalue weighted by atomic mass is 10.0. The van der Waals surface area contributed by atoms with Crippen molar-refractivity contribution in [3.05, 3.63) is 60.8 Å². The number of unbranched alkanes of at least 4 members (excludes halogenated alkanes) is 46. The SMILES string of the molecule is CCCCCCC/C=C\C/C=C\C/C=C\CCCCCCCCCCCCCCCCCCCCCCCCCCC(=O)NC(CO)C(O)/C=C/CC/C=C/CCCCCCCCCCCCCCCCCC. The highest BCUT2D eigenvalue weighted by Crippen LogP contribution is 2.18. The number of rotatable bonds is 61. The number of aliphatic hydroxyl groups is 2. The molecule has 2 unspecified atom stereocenters. The minimum Gasteiger partial charge on any atom is -0.394 e. The standard InChI is InChI=1S/C69H129NO3/c1-3-5-7-9-11-13-15-17-19-21-23-25-27-28-29-30-31-32-33-34-35-36-37-38-39-40-41-42-43-45-47-49-51-53-55-57-59-61-63-65-69(73)70-67(66-71)68(72)64-62-60-58-56-54-52-50-48-46-44-26-24-22-20-18-16-14-12-10-8-6-4-2/h15,17,21,23,27-28,54,56,62,64,67-68,71-72H,3-14,16,18-20,22,24-26,29-53,55,57-61,63,65-66H2,1-2H3,(H,70,73)/b17-15-,23-21-,28-27-,56-54+,64-62+. The van der Waals surface area contributed by atoms with Crippen molar-refractivity contribution >= 4 is 5.91 Å². The molecule has 0 saturated carbocycles. The van der Waals surface area contributed by atoms with Crippen LogP contribution in [-0.4, -0.2) is 34.9 Å². The van der Waals surface area contributed by atoms with E-state index in [1.807, 2.05) is 6.08 Å². The molecule has 0 rings (SSSR count). The van der Waals surface area contributed by atoms with Gasteiger partial charge in [-0.15, -0.1) is 0 Å². The zero-order chi connectivity index (χ0) is 52.7. The predicted octanol–water partition coefficient (Wildman–Crippen LogP) is 22.3. The van der Waals surface area contributed by atoms with Gasteiger partial charge < -0.3 is 15.5 Å². The first-order chi connectivity index (χ1) is 36.2. The number of hydrogen-bond acceptors (Lipinski definition) is 3. The Morgan fingerprint density at radius 1 is 0.329 bits per heavy atom. The molecule has 0 aliphatic carbocycles. The molecule has 0 saturated heterocycles. The van der Waals surface area contributed by atoms with Gasteiger partial charge in [-0.1, -0.05) is 338 Å². The maximum Gasteiger partial charge on any atom is 0.220 e. The third-order valence-electron chi connectivity index (χ3n) is 15.2. The quantitative estimate of drug-likeness (QED) is 0.0420. The number of amides is 1. The van der Waals surface area contributed by atoms with Gasteiger partial charge in [-0.3, -0.25) is 4.79 Å². The van der Waals surface area contributed by atoms with E-state index in [9.17, 15) is 15.0 Å². The molecule has 2 atom stereocenters. The fourth-order valence-corrected chi connectivity index (χ4v) is 10.2. The van der Waals surface area contributed by atoms with Crippen LogP contribution in [0.15, 0.2) is 60.8 Å². The third-order valence-corrected chi connectivity index (χ3v) is 15.2. The van der Waals surface area contributed by atoms with Crippen molar-refractivity contribution in [2.75, 3.05) is 6.61 Å².